The molecule has 74 valence electrons. The number of rotatable bonds is 6. The van der Waals surface area contributed by atoms with E-state index in [1.54, 1.807) is 6.92 Å². The summed E-state index contributed by atoms with van der Waals surface area (Å²) in [6.45, 7) is 3.87. The lowest BCUT2D eigenvalue weighted by Gasteiger charge is -1.95. The molecule has 0 aliphatic rings. The van der Waals surface area contributed by atoms with Gasteiger partial charge in [0.05, 0.1) is 0 Å². The largest absolute Gasteiger partial charge is 0.400 e. The molecule has 0 bridgehead atoms. The van der Waals surface area contributed by atoms with E-state index in [-0.39, 0.29) is 0 Å². The van der Waals surface area contributed by atoms with Crippen LogP contribution in [0.3, 0.4) is 0 Å². The van der Waals surface area contributed by atoms with E-state index in [2.05, 4.69) is 6.92 Å². The van der Waals surface area contributed by atoms with Crippen LogP contribution in [0, 0.1) is 0 Å². The number of carbonyl (C=O) groups is 1. The van der Waals surface area contributed by atoms with E-state index in [4.69, 9.17) is 5.11 Å². The maximum Gasteiger partial charge on any atom is 0.129 e. The van der Waals surface area contributed by atoms with Crippen LogP contribution in [0.15, 0.2) is 0 Å². The fraction of sp³-hybridized carbons (Fsp3) is 0.900. The molecule has 0 radical (unpaired) electrons. The molecular weight excluding hydrogens is 152 g/mol. The van der Waals surface area contributed by atoms with Gasteiger partial charge in [0.2, 0.25) is 0 Å². The van der Waals surface area contributed by atoms with Crippen molar-refractivity contribution in [2.45, 2.75) is 52.4 Å². The van der Waals surface area contributed by atoms with Crippen LogP contribution < -0.4 is 0 Å². The van der Waals surface area contributed by atoms with E-state index in [1.807, 2.05) is 0 Å². The summed E-state index contributed by atoms with van der Waals surface area (Å²) in [5.41, 5.74) is 0. The highest BCUT2D eigenvalue weighted by atomic mass is 16.2. The van der Waals surface area contributed by atoms with Gasteiger partial charge in [0.1, 0.15) is 5.78 Å². The number of aliphatic hydroxyl groups is 1. The van der Waals surface area contributed by atoms with Crippen molar-refractivity contribution in [1.29, 1.82) is 0 Å². The first-order valence-corrected chi connectivity index (χ1v) is 4.71. The van der Waals surface area contributed by atoms with Crippen molar-refractivity contribution < 1.29 is 9.90 Å². The molecule has 2 heteroatoms. The minimum Gasteiger partial charge on any atom is -0.400 e. The molecule has 0 aromatic heterocycles. The van der Waals surface area contributed by atoms with Crippen LogP contribution >= 0.6 is 0 Å². The first-order valence-electron chi connectivity index (χ1n) is 4.71. The molecule has 0 atom stereocenters. The maximum absolute atomic E-state index is 10.5. The number of Topliss-reactive ketones (excluding diaryl/α,β-unsaturated/α-hetero) is 1. The molecule has 0 rings (SSSR count). The Morgan fingerprint density at radius 2 is 1.58 bits per heavy atom. The minimum atomic E-state index is 0.330. The predicted molar refractivity (Wildman–Crippen MR) is 52.2 cm³/mol. The first-order chi connectivity index (χ1) is 5.77. The van der Waals surface area contributed by atoms with Crippen LogP contribution in [0.25, 0.3) is 0 Å². The molecule has 0 fully saturated rings. The average Bonchev–Trinajstić information content (AvgIpc) is 2.07. The lowest BCUT2D eigenvalue weighted by atomic mass is 10.1. The highest BCUT2D eigenvalue weighted by molar-refractivity contribution is 5.75. The van der Waals surface area contributed by atoms with Crippen molar-refractivity contribution >= 4 is 5.78 Å². The zero-order valence-corrected chi connectivity index (χ0v) is 8.60. The molecule has 0 unspecified atom stereocenters. The molecule has 0 aromatic rings. The second-order valence-electron chi connectivity index (χ2n) is 2.87. The summed E-state index contributed by atoms with van der Waals surface area (Å²) < 4.78 is 0. The summed E-state index contributed by atoms with van der Waals surface area (Å²) in [4.78, 5) is 10.5. The molecule has 0 heterocycles. The summed E-state index contributed by atoms with van der Waals surface area (Å²) in [5.74, 6) is 0.330. The van der Waals surface area contributed by atoms with Gasteiger partial charge in [-0.3, -0.25) is 0 Å². The van der Waals surface area contributed by atoms with E-state index in [9.17, 15) is 4.79 Å². The molecule has 0 aliphatic heterocycles. The van der Waals surface area contributed by atoms with Gasteiger partial charge in [0.15, 0.2) is 0 Å². The van der Waals surface area contributed by atoms with E-state index in [0.29, 0.717) is 5.78 Å². The third kappa shape index (κ3) is 16.3. The van der Waals surface area contributed by atoms with Gasteiger partial charge in [-0.25, -0.2) is 0 Å². The highest BCUT2D eigenvalue weighted by Crippen LogP contribution is 2.04. The number of ketones is 1. The van der Waals surface area contributed by atoms with Crippen LogP contribution in [-0.4, -0.2) is 18.0 Å². The third-order valence-electron chi connectivity index (χ3n) is 1.63. The van der Waals surface area contributed by atoms with E-state index in [1.165, 1.54) is 25.7 Å². The van der Waals surface area contributed by atoms with Crippen molar-refractivity contribution in [2.24, 2.45) is 0 Å². The fourth-order valence-corrected chi connectivity index (χ4v) is 0.977. The molecule has 0 saturated heterocycles. The van der Waals surface area contributed by atoms with Gasteiger partial charge in [0.25, 0.3) is 0 Å². The fourth-order valence-electron chi connectivity index (χ4n) is 0.977. The second kappa shape index (κ2) is 13.2. The summed E-state index contributed by atoms with van der Waals surface area (Å²) in [6, 6.07) is 0. The number of aliphatic hydroxyl groups excluding tert-OH is 1. The van der Waals surface area contributed by atoms with Crippen LogP contribution in [0.1, 0.15) is 52.4 Å². The number of unbranched alkanes of at least 4 members (excludes halogenated alkanes) is 4. The zero-order valence-electron chi connectivity index (χ0n) is 8.60. The van der Waals surface area contributed by atoms with Gasteiger partial charge in [-0.15, -0.1) is 0 Å². The monoisotopic (exact) mass is 174 g/mol. The Kier molecular flexibility index (Phi) is 15.6. The smallest absolute Gasteiger partial charge is 0.129 e. The Morgan fingerprint density at radius 1 is 1.08 bits per heavy atom. The lowest BCUT2D eigenvalue weighted by Crippen LogP contribution is -1.88. The van der Waals surface area contributed by atoms with Gasteiger partial charge in [-0.1, -0.05) is 32.6 Å². The Morgan fingerprint density at radius 3 is 2.00 bits per heavy atom. The Balaban J connectivity index is 0. The average molecular weight is 174 g/mol. The van der Waals surface area contributed by atoms with Crippen molar-refractivity contribution in [3.05, 3.63) is 0 Å². The van der Waals surface area contributed by atoms with Crippen molar-refractivity contribution in [2.75, 3.05) is 7.11 Å². The van der Waals surface area contributed by atoms with Gasteiger partial charge < -0.3 is 9.90 Å². The van der Waals surface area contributed by atoms with E-state index < -0.39 is 0 Å². The normalized spacial score (nSPS) is 8.67. The molecule has 2 nitrogen and oxygen atoms in total. The van der Waals surface area contributed by atoms with Gasteiger partial charge >= 0.3 is 0 Å². The first kappa shape index (κ1) is 14.2. The summed E-state index contributed by atoms with van der Waals surface area (Å²) in [5, 5.41) is 7.00. The van der Waals surface area contributed by atoms with E-state index in [0.717, 1.165) is 20.0 Å². The van der Waals surface area contributed by atoms with Gasteiger partial charge in [-0.05, 0) is 13.3 Å². The van der Waals surface area contributed by atoms with Gasteiger partial charge in [0, 0.05) is 13.5 Å². The zero-order chi connectivity index (χ0) is 9.82. The van der Waals surface area contributed by atoms with E-state index >= 15 is 0 Å². The number of carbonyl (C=O) groups excluding carboxylic acids is 1. The Hall–Kier alpha value is -0.370. The van der Waals surface area contributed by atoms with Crippen molar-refractivity contribution in [3.63, 3.8) is 0 Å². The second-order valence-corrected chi connectivity index (χ2v) is 2.87. The predicted octanol–water partition coefficient (Wildman–Crippen LogP) is 2.54. The number of hydrogen-bond donors (Lipinski definition) is 1. The molecule has 0 spiro atoms. The molecular formula is C10H22O2. The number of hydrogen-bond acceptors (Lipinski definition) is 2. The molecule has 0 aliphatic carbocycles. The van der Waals surface area contributed by atoms with Crippen molar-refractivity contribution in [3.8, 4) is 0 Å². The standard InChI is InChI=1S/C9H18O.CH4O/c1-3-4-5-6-7-8-9(2)10;1-2/h3-8H2,1-2H3;2H,1H3. The lowest BCUT2D eigenvalue weighted by molar-refractivity contribution is -0.117. The van der Waals surface area contributed by atoms with Crippen LogP contribution in [0.4, 0.5) is 0 Å². The molecule has 0 amide bonds. The van der Waals surface area contributed by atoms with Crippen LogP contribution in [0.2, 0.25) is 0 Å². The Bertz CT molecular complexity index is 89.8. The quantitative estimate of drug-likeness (QED) is 0.628. The Labute approximate surface area is 76.0 Å². The van der Waals surface area contributed by atoms with Crippen molar-refractivity contribution in [1.82, 2.24) is 0 Å². The molecule has 1 N–H and O–H groups in total. The van der Waals surface area contributed by atoms with Crippen LogP contribution in [-0.2, 0) is 4.79 Å². The van der Waals surface area contributed by atoms with Gasteiger partial charge in [-0.2, -0.15) is 0 Å². The van der Waals surface area contributed by atoms with Crippen LogP contribution in [0.5, 0.6) is 0 Å². The molecule has 12 heavy (non-hydrogen) atoms. The minimum absolute atomic E-state index is 0.330. The third-order valence-corrected chi connectivity index (χ3v) is 1.63. The summed E-state index contributed by atoms with van der Waals surface area (Å²) in [7, 11) is 1.00. The molecule has 0 saturated carbocycles. The highest BCUT2D eigenvalue weighted by Gasteiger charge is 1.92. The topological polar surface area (TPSA) is 37.3 Å². The SMILES string of the molecule is CCCCCCCC(C)=O.CO. The summed E-state index contributed by atoms with van der Waals surface area (Å²) >= 11 is 0. The molecule has 0 aromatic carbocycles. The maximum atomic E-state index is 10.5. The summed E-state index contributed by atoms with van der Waals surface area (Å²) in [6.07, 6.45) is 6.99.